The summed E-state index contributed by atoms with van der Waals surface area (Å²) in [6, 6.07) is 0. The van der Waals surface area contributed by atoms with Gasteiger partial charge in [0.15, 0.2) is 5.69 Å². The van der Waals surface area contributed by atoms with E-state index in [4.69, 9.17) is 11.6 Å². The third-order valence-corrected chi connectivity index (χ3v) is 4.36. The number of nitrogens with zero attached hydrogens (tertiary/aromatic N) is 4. The second-order valence-electron chi connectivity index (χ2n) is 4.99. The molecule has 24 heavy (non-hydrogen) atoms. The Hall–Kier alpha value is -1.55. The number of hydrogen-bond donors (Lipinski definition) is 1. The Morgan fingerprint density at radius 1 is 1.42 bits per heavy atom. The highest BCUT2D eigenvalue weighted by molar-refractivity contribution is 9.10. The van der Waals surface area contributed by atoms with Gasteiger partial charge in [-0.25, -0.2) is 0 Å². The largest absolute Gasteiger partial charge is 0.436 e. The standard InChI is InChI=1S/C13H14BrClF3N5O/c1-8-11(14)12(13(16,17)18)21-23(8)4-2-10(24)19-3-5-22-7-9(15)6-20-22/h6-7H,2-5H2,1H3,(H,19,24). The first-order valence-electron chi connectivity index (χ1n) is 6.93. The Balaban J connectivity index is 1.83. The first kappa shape index (κ1) is 18.8. The lowest BCUT2D eigenvalue weighted by atomic mass is 10.3. The van der Waals surface area contributed by atoms with Gasteiger partial charge in [0.25, 0.3) is 0 Å². The van der Waals surface area contributed by atoms with Crippen LogP contribution in [0.2, 0.25) is 5.02 Å². The van der Waals surface area contributed by atoms with Gasteiger partial charge in [-0.15, -0.1) is 0 Å². The normalized spacial score (nSPS) is 11.8. The smallest absolute Gasteiger partial charge is 0.354 e. The van der Waals surface area contributed by atoms with Crippen molar-refractivity contribution < 1.29 is 18.0 Å². The predicted octanol–water partition coefficient (Wildman–Crippen LogP) is 3.03. The lowest BCUT2D eigenvalue weighted by Crippen LogP contribution is -2.28. The average molecular weight is 429 g/mol. The van der Waals surface area contributed by atoms with Gasteiger partial charge in [0.1, 0.15) is 0 Å². The van der Waals surface area contributed by atoms with Crippen LogP contribution < -0.4 is 5.32 Å². The maximum atomic E-state index is 12.8. The van der Waals surface area contributed by atoms with Crippen LogP contribution in [0.4, 0.5) is 13.2 Å². The van der Waals surface area contributed by atoms with Crippen molar-refractivity contribution in [1.29, 1.82) is 0 Å². The summed E-state index contributed by atoms with van der Waals surface area (Å²) in [5, 5.41) is 10.6. The number of aromatic nitrogens is 4. The second kappa shape index (κ2) is 7.56. The number of rotatable bonds is 6. The molecule has 0 fully saturated rings. The fraction of sp³-hybridized carbons (Fsp3) is 0.462. The molecule has 0 aliphatic carbocycles. The molecule has 0 aromatic carbocycles. The number of carbonyl (C=O) groups excluding carboxylic acids is 1. The molecule has 0 unspecified atom stereocenters. The van der Waals surface area contributed by atoms with Crippen molar-refractivity contribution in [3.8, 4) is 0 Å². The Morgan fingerprint density at radius 2 is 2.12 bits per heavy atom. The minimum Gasteiger partial charge on any atom is -0.354 e. The molecule has 0 radical (unpaired) electrons. The van der Waals surface area contributed by atoms with Crippen molar-refractivity contribution in [2.45, 2.75) is 32.6 Å². The van der Waals surface area contributed by atoms with Crippen molar-refractivity contribution in [2.75, 3.05) is 6.54 Å². The highest BCUT2D eigenvalue weighted by Gasteiger charge is 2.37. The third-order valence-electron chi connectivity index (χ3n) is 3.22. The van der Waals surface area contributed by atoms with Gasteiger partial charge in [-0.3, -0.25) is 14.2 Å². The van der Waals surface area contributed by atoms with Crippen molar-refractivity contribution >= 4 is 33.4 Å². The molecule has 2 rings (SSSR count). The van der Waals surface area contributed by atoms with Crippen LogP contribution in [0.3, 0.4) is 0 Å². The van der Waals surface area contributed by atoms with E-state index < -0.39 is 11.9 Å². The van der Waals surface area contributed by atoms with Crippen LogP contribution in [0.15, 0.2) is 16.9 Å². The molecule has 0 aliphatic heterocycles. The monoisotopic (exact) mass is 427 g/mol. The SMILES string of the molecule is Cc1c(Br)c(C(F)(F)F)nn1CCC(=O)NCCn1cc(Cl)cn1. The summed E-state index contributed by atoms with van der Waals surface area (Å²) in [7, 11) is 0. The number of aryl methyl sites for hydroxylation is 1. The minimum absolute atomic E-state index is 0.0200. The molecule has 0 saturated heterocycles. The van der Waals surface area contributed by atoms with E-state index in [-0.39, 0.29) is 23.3 Å². The van der Waals surface area contributed by atoms with E-state index in [0.717, 1.165) is 0 Å². The average Bonchev–Trinajstić information content (AvgIpc) is 3.02. The molecule has 0 saturated carbocycles. The summed E-state index contributed by atoms with van der Waals surface area (Å²) in [6.07, 6.45) is -1.41. The van der Waals surface area contributed by atoms with Gasteiger partial charge in [-0.2, -0.15) is 23.4 Å². The molecule has 11 heteroatoms. The Bertz CT molecular complexity index is 728. The van der Waals surface area contributed by atoms with Gasteiger partial charge in [0, 0.05) is 19.2 Å². The zero-order chi connectivity index (χ0) is 17.9. The van der Waals surface area contributed by atoms with Crippen molar-refractivity contribution in [1.82, 2.24) is 24.9 Å². The highest BCUT2D eigenvalue weighted by atomic mass is 79.9. The van der Waals surface area contributed by atoms with Crippen LogP contribution in [-0.4, -0.2) is 32.0 Å². The second-order valence-corrected chi connectivity index (χ2v) is 6.22. The molecular weight excluding hydrogens is 415 g/mol. The van der Waals surface area contributed by atoms with Gasteiger partial charge < -0.3 is 5.32 Å². The predicted molar refractivity (Wildman–Crippen MR) is 84.5 cm³/mol. The summed E-state index contributed by atoms with van der Waals surface area (Å²) < 4.78 is 40.9. The molecular formula is C13H14BrClF3N5O. The number of alkyl halides is 3. The van der Waals surface area contributed by atoms with E-state index in [1.54, 1.807) is 10.9 Å². The van der Waals surface area contributed by atoms with Gasteiger partial charge in [0.05, 0.1) is 34.5 Å². The molecule has 1 N–H and O–H groups in total. The molecule has 132 valence electrons. The van der Waals surface area contributed by atoms with E-state index in [9.17, 15) is 18.0 Å². The number of halogens is 5. The molecule has 0 bridgehead atoms. The van der Waals surface area contributed by atoms with E-state index in [1.807, 2.05) is 0 Å². The fourth-order valence-electron chi connectivity index (χ4n) is 1.99. The van der Waals surface area contributed by atoms with Gasteiger partial charge >= 0.3 is 6.18 Å². The van der Waals surface area contributed by atoms with E-state index in [1.165, 1.54) is 17.8 Å². The Labute approximate surface area is 149 Å². The molecule has 0 atom stereocenters. The number of nitrogens with one attached hydrogen (secondary N) is 1. The molecule has 0 aliphatic rings. The number of hydrogen-bond acceptors (Lipinski definition) is 3. The van der Waals surface area contributed by atoms with E-state index in [0.29, 0.717) is 23.8 Å². The summed E-state index contributed by atoms with van der Waals surface area (Å²) in [4.78, 5) is 11.8. The van der Waals surface area contributed by atoms with Crippen molar-refractivity contribution in [3.05, 3.63) is 33.3 Å². The van der Waals surface area contributed by atoms with Crippen LogP contribution in [0.1, 0.15) is 17.8 Å². The Kier molecular flexibility index (Phi) is 5.92. The summed E-state index contributed by atoms with van der Waals surface area (Å²) in [5.74, 6) is -0.284. The van der Waals surface area contributed by atoms with E-state index >= 15 is 0 Å². The van der Waals surface area contributed by atoms with Crippen LogP contribution in [0, 0.1) is 6.92 Å². The number of amides is 1. The highest BCUT2D eigenvalue weighted by Crippen LogP contribution is 2.35. The fourth-order valence-corrected chi connectivity index (χ4v) is 2.65. The number of carbonyl (C=O) groups is 1. The molecule has 2 heterocycles. The lowest BCUT2D eigenvalue weighted by molar-refractivity contribution is -0.142. The van der Waals surface area contributed by atoms with Gasteiger partial charge in [0.2, 0.25) is 5.91 Å². The first-order chi connectivity index (χ1) is 11.2. The molecule has 2 aromatic heterocycles. The first-order valence-corrected chi connectivity index (χ1v) is 8.10. The summed E-state index contributed by atoms with van der Waals surface area (Å²) in [6.45, 7) is 2.35. The minimum atomic E-state index is -4.54. The maximum Gasteiger partial charge on any atom is 0.436 e. The third kappa shape index (κ3) is 4.73. The summed E-state index contributed by atoms with van der Waals surface area (Å²) in [5.41, 5.74) is -0.669. The van der Waals surface area contributed by atoms with Crippen LogP contribution in [-0.2, 0) is 24.1 Å². The molecule has 1 amide bonds. The van der Waals surface area contributed by atoms with Crippen LogP contribution in [0.5, 0.6) is 0 Å². The van der Waals surface area contributed by atoms with Crippen LogP contribution in [0.25, 0.3) is 0 Å². The zero-order valence-electron chi connectivity index (χ0n) is 12.6. The van der Waals surface area contributed by atoms with Gasteiger partial charge in [-0.05, 0) is 22.9 Å². The van der Waals surface area contributed by atoms with Gasteiger partial charge in [-0.1, -0.05) is 11.6 Å². The molecule has 0 spiro atoms. The molecule has 6 nitrogen and oxygen atoms in total. The van der Waals surface area contributed by atoms with E-state index in [2.05, 4.69) is 31.4 Å². The molecule has 2 aromatic rings. The van der Waals surface area contributed by atoms with Crippen LogP contribution >= 0.6 is 27.5 Å². The lowest BCUT2D eigenvalue weighted by Gasteiger charge is -2.07. The Morgan fingerprint density at radius 3 is 2.67 bits per heavy atom. The topological polar surface area (TPSA) is 64.7 Å². The van der Waals surface area contributed by atoms with Crippen molar-refractivity contribution in [3.63, 3.8) is 0 Å². The van der Waals surface area contributed by atoms with Crippen molar-refractivity contribution in [2.24, 2.45) is 0 Å². The summed E-state index contributed by atoms with van der Waals surface area (Å²) >= 11 is 8.61. The maximum absolute atomic E-state index is 12.8. The quantitative estimate of drug-likeness (QED) is 0.769. The zero-order valence-corrected chi connectivity index (χ0v) is 14.9.